The van der Waals surface area contributed by atoms with Crippen LogP contribution in [0, 0.1) is 13.8 Å². The van der Waals surface area contributed by atoms with E-state index in [1.807, 2.05) is 37.3 Å². The van der Waals surface area contributed by atoms with Gasteiger partial charge in [-0.1, -0.05) is 42.5 Å². The Kier molecular flexibility index (Phi) is 7.49. The highest BCUT2D eigenvalue weighted by atomic mass is 16.5. The van der Waals surface area contributed by atoms with Crippen molar-refractivity contribution in [1.29, 1.82) is 0 Å². The number of hydrogen-bond acceptors (Lipinski definition) is 6. The lowest BCUT2D eigenvalue weighted by Gasteiger charge is -2.32. The quantitative estimate of drug-likeness (QED) is 0.362. The number of ether oxygens (including phenoxy) is 1. The van der Waals surface area contributed by atoms with Crippen LogP contribution in [0.2, 0.25) is 0 Å². The molecule has 5 rings (SSSR count). The number of aliphatic hydroxyl groups is 1. The van der Waals surface area contributed by atoms with Gasteiger partial charge >= 0.3 is 0 Å². The summed E-state index contributed by atoms with van der Waals surface area (Å²) in [6, 6.07) is 20.9. The number of aryl methyl sites for hydroxylation is 2. The molecule has 0 saturated carbocycles. The number of aromatic nitrogens is 3. The van der Waals surface area contributed by atoms with E-state index in [4.69, 9.17) is 14.7 Å². The third-order valence-electron chi connectivity index (χ3n) is 6.93. The van der Waals surface area contributed by atoms with Gasteiger partial charge in [-0.25, -0.2) is 4.98 Å². The minimum absolute atomic E-state index is 0.214. The van der Waals surface area contributed by atoms with Gasteiger partial charge in [0.2, 0.25) is 5.95 Å². The number of fused-ring (bicyclic) bond motifs is 1. The maximum absolute atomic E-state index is 9.26. The maximum Gasteiger partial charge on any atom is 0.204 e. The molecule has 3 heterocycles. The molecule has 0 aliphatic carbocycles. The summed E-state index contributed by atoms with van der Waals surface area (Å²) in [6.07, 6.45) is 2.05. The van der Waals surface area contributed by atoms with Gasteiger partial charge in [0.1, 0.15) is 18.1 Å². The number of β-amino-alcohol motifs (C(OH)–C–C–N with tert-alkyl or cyclic N) is 1. The van der Waals surface area contributed by atoms with Gasteiger partial charge in [0.15, 0.2) is 0 Å². The van der Waals surface area contributed by atoms with Gasteiger partial charge in [-0.3, -0.25) is 4.98 Å². The van der Waals surface area contributed by atoms with Crippen molar-refractivity contribution in [2.45, 2.75) is 45.9 Å². The number of nitrogens with zero attached hydrogens (tertiary/aromatic N) is 4. The maximum atomic E-state index is 9.26. The molecule has 2 aromatic heterocycles. The van der Waals surface area contributed by atoms with Crippen LogP contribution in [-0.2, 0) is 13.2 Å². The van der Waals surface area contributed by atoms with E-state index in [0.717, 1.165) is 77.7 Å². The monoisotopic (exact) mass is 485 g/mol. The minimum atomic E-state index is 0.214. The standard InChI is InChI=1S/C29H35N5O2/c1-21-7-6-10-26-28(21)32-29(31-24-13-15-33(16-14-24)17-18-35)34(26)19-25-27(12-11-22(2)30-25)36-20-23-8-4-3-5-9-23/h3-12,24,35H,13-20H2,1-2H3,(H,31,32). The average molecular weight is 486 g/mol. The molecule has 2 aromatic carbocycles. The number of para-hydroxylation sites is 1. The zero-order valence-corrected chi connectivity index (χ0v) is 21.2. The molecule has 1 aliphatic rings. The minimum Gasteiger partial charge on any atom is -0.487 e. The Hall–Kier alpha value is -3.42. The van der Waals surface area contributed by atoms with Crippen molar-refractivity contribution >= 4 is 17.0 Å². The van der Waals surface area contributed by atoms with Gasteiger partial charge in [0.25, 0.3) is 0 Å². The van der Waals surface area contributed by atoms with E-state index < -0.39 is 0 Å². The van der Waals surface area contributed by atoms with Gasteiger partial charge in [0.05, 0.1) is 24.2 Å². The SMILES string of the molecule is Cc1ccc(OCc2ccccc2)c(Cn2c(NC3CCN(CCO)CC3)nc3c(C)cccc32)n1. The molecule has 4 aromatic rings. The van der Waals surface area contributed by atoms with Crippen molar-refractivity contribution in [1.82, 2.24) is 19.4 Å². The topological polar surface area (TPSA) is 75.4 Å². The van der Waals surface area contributed by atoms with Crippen molar-refractivity contribution in [3.8, 4) is 5.75 Å². The van der Waals surface area contributed by atoms with Crippen molar-refractivity contribution in [2.24, 2.45) is 0 Å². The Morgan fingerprint density at radius 3 is 2.56 bits per heavy atom. The van der Waals surface area contributed by atoms with Crippen LogP contribution < -0.4 is 10.1 Å². The second kappa shape index (κ2) is 11.1. The first-order chi connectivity index (χ1) is 17.6. The number of aliphatic hydroxyl groups excluding tert-OH is 1. The summed E-state index contributed by atoms with van der Waals surface area (Å²) in [6.45, 7) is 8.11. The highest BCUT2D eigenvalue weighted by Gasteiger charge is 2.22. The number of hydrogen-bond donors (Lipinski definition) is 2. The van der Waals surface area contributed by atoms with Gasteiger partial charge in [0, 0.05) is 31.4 Å². The van der Waals surface area contributed by atoms with Crippen molar-refractivity contribution in [3.05, 3.63) is 83.2 Å². The summed E-state index contributed by atoms with van der Waals surface area (Å²) in [5, 5.41) is 13.0. The lowest BCUT2D eigenvalue weighted by Crippen LogP contribution is -2.40. The first kappa shape index (κ1) is 24.3. The zero-order valence-electron chi connectivity index (χ0n) is 21.2. The molecule has 0 unspecified atom stereocenters. The molecule has 7 heteroatoms. The number of likely N-dealkylation sites (tertiary alicyclic amines) is 1. The van der Waals surface area contributed by atoms with Crippen LogP contribution in [0.3, 0.4) is 0 Å². The van der Waals surface area contributed by atoms with Crippen LogP contribution in [-0.4, -0.2) is 56.8 Å². The second-order valence-corrected chi connectivity index (χ2v) is 9.62. The Balaban J connectivity index is 1.42. The average Bonchev–Trinajstić information content (AvgIpc) is 3.23. The molecule has 1 fully saturated rings. The summed E-state index contributed by atoms with van der Waals surface area (Å²) in [5.74, 6) is 1.67. The summed E-state index contributed by atoms with van der Waals surface area (Å²) < 4.78 is 8.48. The Bertz CT molecular complexity index is 1300. The number of piperidine rings is 1. The number of benzene rings is 2. The van der Waals surface area contributed by atoms with Gasteiger partial charge < -0.3 is 24.6 Å². The molecule has 36 heavy (non-hydrogen) atoms. The molecule has 0 bridgehead atoms. The van der Waals surface area contributed by atoms with E-state index in [2.05, 4.69) is 52.0 Å². The number of rotatable bonds is 9. The Morgan fingerprint density at radius 2 is 1.78 bits per heavy atom. The number of imidazole rings is 1. The van der Waals surface area contributed by atoms with E-state index in [-0.39, 0.29) is 6.61 Å². The van der Waals surface area contributed by atoms with Crippen molar-refractivity contribution < 1.29 is 9.84 Å². The van der Waals surface area contributed by atoms with E-state index in [1.54, 1.807) is 0 Å². The third-order valence-corrected chi connectivity index (χ3v) is 6.93. The molecule has 1 aliphatic heterocycles. The van der Waals surface area contributed by atoms with Gasteiger partial charge in [-0.15, -0.1) is 0 Å². The molecule has 0 amide bonds. The fourth-order valence-electron chi connectivity index (χ4n) is 4.91. The number of nitrogens with one attached hydrogen (secondary N) is 1. The molecular weight excluding hydrogens is 450 g/mol. The second-order valence-electron chi connectivity index (χ2n) is 9.62. The molecule has 7 nitrogen and oxygen atoms in total. The molecule has 2 N–H and O–H groups in total. The van der Waals surface area contributed by atoms with Crippen LogP contribution in [0.4, 0.5) is 5.95 Å². The molecule has 188 valence electrons. The largest absolute Gasteiger partial charge is 0.487 e. The Labute approximate surface area is 212 Å². The molecule has 0 spiro atoms. The first-order valence-corrected chi connectivity index (χ1v) is 12.8. The van der Waals surface area contributed by atoms with E-state index in [9.17, 15) is 5.11 Å². The van der Waals surface area contributed by atoms with Crippen LogP contribution in [0.1, 0.15) is 35.4 Å². The lowest BCUT2D eigenvalue weighted by molar-refractivity contribution is 0.168. The van der Waals surface area contributed by atoms with Crippen LogP contribution >= 0.6 is 0 Å². The van der Waals surface area contributed by atoms with Crippen LogP contribution in [0.15, 0.2) is 60.7 Å². The Morgan fingerprint density at radius 1 is 0.972 bits per heavy atom. The fraction of sp³-hybridized carbons (Fsp3) is 0.379. The number of pyridine rings is 1. The predicted octanol–water partition coefficient (Wildman–Crippen LogP) is 4.54. The summed E-state index contributed by atoms with van der Waals surface area (Å²) in [7, 11) is 0. The summed E-state index contributed by atoms with van der Waals surface area (Å²) >= 11 is 0. The molecular formula is C29H35N5O2. The van der Waals surface area contributed by atoms with Gasteiger partial charge in [-0.05, 0) is 56.0 Å². The fourth-order valence-corrected chi connectivity index (χ4v) is 4.91. The van der Waals surface area contributed by atoms with Crippen LogP contribution in [0.5, 0.6) is 5.75 Å². The highest BCUT2D eigenvalue weighted by molar-refractivity contribution is 5.82. The predicted molar refractivity (Wildman–Crippen MR) is 143 cm³/mol. The first-order valence-electron chi connectivity index (χ1n) is 12.8. The van der Waals surface area contributed by atoms with E-state index >= 15 is 0 Å². The van der Waals surface area contributed by atoms with Crippen molar-refractivity contribution in [2.75, 3.05) is 31.6 Å². The molecule has 0 atom stereocenters. The van der Waals surface area contributed by atoms with Crippen LogP contribution in [0.25, 0.3) is 11.0 Å². The number of anilines is 1. The summed E-state index contributed by atoms with van der Waals surface area (Å²) in [5.41, 5.74) is 6.24. The lowest BCUT2D eigenvalue weighted by atomic mass is 10.1. The third kappa shape index (κ3) is 5.53. The van der Waals surface area contributed by atoms with E-state index in [0.29, 0.717) is 19.2 Å². The molecule has 1 saturated heterocycles. The van der Waals surface area contributed by atoms with E-state index in [1.165, 1.54) is 0 Å². The smallest absolute Gasteiger partial charge is 0.204 e. The molecule has 0 radical (unpaired) electrons. The highest BCUT2D eigenvalue weighted by Crippen LogP contribution is 2.28. The van der Waals surface area contributed by atoms with Crippen molar-refractivity contribution in [3.63, 3.8) is 0 Å². The zero-order chi connectivity index (χ0) is 24.9. The van der Waals surface area contributed by atoms with Gasteiger partial charge in [-0.2, -0.15) is 0 Å². The normalized spacial score (nSPS) is 14.9. The summed E-state index contributed by atoms with van der Waals surface area (Å²) in [4.78, 5) is 12.2.